The van der Waals surface area contributed by atoms with Gasteiger partial charge in [-0.15, -0.1) is 0 Å². The van der Waals surface area contributed by atoms with Gasteiger partial charge in [0.15, 0.2) is 0 Å². The number of para-hydroxylation sites is 2. The molecule has 0 amide bonds. The summed E-state index contributed by atoms with van der Waals surface area (Å²) in [6, 6.07) is 13.3. The van der Waals surface area contributed by atoms with Gasteiger partial charge in [-0.1, -0.05) is 29.8 Å². The average molecular weight is 402 g/mol. The molecule has 0 aliphatic rings. The maximum absolute atomic E-state index is 12.3. The molecule has 2 aromatic heterocycles. The number of hydrogen-bond donors (Lipinski definition) is 1. The van der Waals surface area contributed by atoms with Crippen molar-refractivity contribution in [3.05, 3.63) is 71.8 Å². The molecule has 2 heterocycles. The van der Waals surface area contributed by atoms with E-state index in [0.29, 0.717) is 10.6 Å². The fraction of sp³-hybridized carbons (Fsp3) is 0.111. The van der Waals surface area contributed by atoms with Crippen LogP contribution in [0.15, 0.2) is 66.1 Å². The van der Waals surface area contributed by atoms with Crippen LogP contribution in [0.3, 0.4) is 0 Å². The summed E-state index contributed by atoms with van der Waals surface area (Å²) in [4.78, 5) is 4.49. The lowest BCUT2D eigenvalue weighted by Gasteiger charge is -2.10. The number of benzene rings is 2. The Morgan fingerprint density at radius 3 is 2.74 bits per heavy atom. The van der Waals surface area contributed by atoms with Crippen molar-refractivity contribution in [2.75, 3.05) is 0 Å². The van der Waals surface area contributed by atoms with Crippen molar-refractivity contribution in [3.8, 4) is 5.69 Å². The van der Waals surface area contributed by atoms with Crippen LogP contribution >= 0.6 is 11.6 Å². The predicted octanol–water partition coefficient (Wildman–Crippen LogP) is 2.89. The molecule has 9 heteroatoms. The van der Waals surface area contributed by atoms with Crippen LogP contribution in [-0.4, -0.2) is 27.7 Å². The minimum atomic E-state index is -3.64. The summed E-state index contributed by atoms with van der Waals surface area (Å²) in [5.74, 6) is 0. The topological polar surface area (TPSA) is 81.8 Å². The summed E-state index contributed by atoms with van der Waals surface area (Å²) < 4.78 is 30.5. The summed E-state index contributed by atoms with van der Waals surface area (Å²) in [6.45, 7) is 0.0843. The zero-order chi connectivity index (χ0) is 19.0. The second-order valence-electron chi connectivity index (χ2n) is 6.05. The normalized spacial score (nSPS) is 11.9. The van der Waals surface area contributed by atoms with Crippen LogP contribution in [0.5, 0.6) is 0 Å². The molecule has 0 atom stereocenters. The van der Waals surface area contributed by atoms with Crippen LogP contribution < -0.4 is 4.72 Å². The Kier molecular flexibility index (Phi) is 4.47. The van der Waals surface area contributed by atoms with Gasteiger partial charge >= 0.3 is 0 Å². The van der Waals surface area contributed by atoms with Crippen molar-refractivity contribution in [2.45, 2.75) is 11.4 Å². The van der Waals surface area contributed by atoms with E-state index in [1.54, 1.807) is 25.5 Å². The number of imidazole rings is 1. The number of aryl methyl sites for hydroxylation is 1. The molecule has 0 aliphatic carbocycles. The Morgan fingerprint density at radius 1 is 1.19 bits per heavy atom. The van der Waals surface area contributed by atoms with Crippen LogP contribution in [-0.2, 0) is 23.6 Å². The van der Waals surface area contributed by atoms with Crippen LogP contribution in [0, 0.1) is 0 Å². The van der Waals surface area contributed by atoms with E-state index >= 15 is 0 Å². The van der Waals surface area contributed by atoms with E-state index in [1.165, 1.54) is 17.1 Å². The van der Waals surface area contributed by atoms with Crippen molar-refractivity contribution in [1.82, 2.24) is 24.1 Å². The molecular formula is C18H16ClN5O2S. The Bertz CT molecular complexity index is 1230. The van der Waals surface area contributed by atoms with Crippen LogP contribution in [0.25, 0.3) is 16.7 Å². The SMILES string of the molecule is Cn1cc(S(=O)(=O)NCc2ccc(-n3cnc4ccccc43)cc2Cl)cn1. The van der Waals surface area contributed by atoms with E-state index in [-0.39, 0.29) is 11.4 Å². The third-order valence-corrected chi connectivity index (χ3v) is 5.92. The van der Waals surface area contributed by atoms with Crippen molar-refractivity contribution >= 4 is 32.7 Å². The largest absolute Gasteiger partial charge is 0.299 e. The zero-order valence-electron chi connectivity index (χ0n) is 14.4. The molecule has 7 nitrogen and oxygen atoms in total. The van der Waals surface area contributed by atoms with Gasteiger partial charge in [-0.05, 0) is 29.8 Å². The van der Waals surface area contributed by atoms with E-state index in [2.05, 4.69) is 14.8 Å². The van der Waals surface area contributed by atoms with Gasteiger partial charge in [0.2, 0.25) is 10.0 Å². The number of rotatable bonds is 5. The van der Waals surface area contributed by atoms with Gasteiger partial charge in [-0.3, -0.25) is 9.25 Å². The molecule has 27 heavy (non-hydrogen) atoms. The van der Waals surface area contributed by atoms with Gasteiger partial charge in [-0.25, -0.2) is 18.1 Å². The number of nitrogens with zero attached hydrogens (tertiary/aromatic N) is 4. The second kappa shape index (κ2) is 6.80. The molecular weight excluding hydrogens is 386 g/mol. The maximum atomic E-state index is 12.3. The van der Waals surface area contributed by atoms with Crippen molar-refractivity contribution in [2.24, 2.45) is 7.05 Å². The second-order valence-corrected chi connectivity index (χ2v) is 8.23. The third kappa shape index (κ3) is 3.46. The lowest BCUT2D eigenvalue weighted by molar-refractivity contribution is 0.581. The molecule has 0 fully saturated rings. The standard InChI is InChI=1S/C18H16ClN5O2S/c1-23-11-15(10-21-23)27(25,26)22-9-13-6-7-14(8-16(13)19)24-12-20-17-4-2-3-5-18(17)24/h2-8,10-12,22H,9H2,1H3. The highest BCUT2D eigenvalue weighted by Gasteiger charge is 2.16. The lowest BCUT2D eigenvalue weighted by Crippen LogP contribution is -2.23. The summed E-state index contributed by atoms with van der Waals surface area (Å²) >= 11 is 6.39. The molecule has 1 N–H and O–H groups in total. The predicted molar refractivity (Wildman–Crippen MR) is 103 cm³/mol. The van der Waals surface area contributed by atoms with E-state index in [1.807, 2.05) is 34.9 Å². The average Bonchev–Trinajstić information content (AvgIpc) is 3.27. The molecule has 2 aromatic carbocycles. The Labute approximate surface area is 161 Å². The first-order valence-electron chi connectivity index (χ1n) is 8.13. The monoisotopic (exact) mass is 401 g/mol. The van der Waals surface area contributed by atoms with E-state index in [0.717, 1.165) is 16.7 Å². The molecule has 4 aromatic rings. The molecule has 0 saturated carbocycles. The van der Waals surface area contributed by atoms with Gasteiger partial charge in [0, 0.05) is 30.5 Å². The molecule has 0 radical (unpaired) electrons. The highest BCUT2D eigenvalue weighted by Crippen LogP contribution is 2.24. The fourth-order valence-corrected chi connectivity index (χ4v) is 4.02. The van der Waals surface area contributed by atoms with Gasteiger partial charge in [0.05, 0.1) is 17.2 Å². The zero-order valence-corrected chi connectivity index (χ0v) is 15.9. The van der Waals surface area contributed by atoms with E-state index in [9.17, 15) is 8.42 Å². The minimum absolute atomic E-state index is 0.0843. The van der Waals surface area contributed by atoms with Crippen LogP contribution in [0.1, 0.15) is 5.56 Å². The fourth-order valence-electron chi connectivity index (χ4n) is 2.79. The first-order chi connectivity index (χ1) is 12.9. The third-order valence-electron chi connectivity index (χ3n) is 4.21. The quantitative estimate of drug-likeness (QED) is 0.557. The number of nitrogens with one attached hydrogen (secondary N) is 1. The Balaban J connectivity index is 1.57. The summed E-state index contributed by atoms with van der Waals surface area (Å²) in [6.07, 6.45) is 4.48. The van der Waals surface area contributed by atoms with Gasteiger partial charge < -0.3 is 0 Å². The van der Waals surface area contributed by atoms with Gasteiger partial charge in [0.25, 0.3) is 0 Å². The number of sulfonamides is 1. The molecule has 0 saturated heterocycles. The highest BCUT2D eigenvalue weighted by molar-refractivity contribution is 7.89. The number of aromatic nitrogens is 4. The van der Waals surface area contributed by atoms with E-state index < -0.39 is 10.0 Å². The van der Waals surface area contributed by atoms with Crippen molar-refractivity contribution in [3.63, 3.8) is 0 Å². The first-order valence-corrected chi connectivity index (χ1v) is 9.99. The smallest absolute Gasteiger partial charge is 0.243 e. The van der Waals surface area contributed by atoms with Crippen molar-refractivity contribution < 1.29 is 8.42 Å². The van der Waals surface area contributed by atoms with Crippen LogP contribution in [0.4, 0.5) is 0 Å². The van der Waals surface area contributed by atoms with Gasteiger partial charge in [0.1, 0.15) is 11.2 Å². The lowest BCUT2D eigenvalue weighted by atomic mass is 10.2. The summed E-state index contributed by atoms with van der Waals surface area (Å²) in [7, 11) is -1.98. The molecule has 0 aliphatic heterocycles. The summed E-state index contributed by atoms with van der Waals surface area (Å²) in [5.41, 5.74) is 3.39. The Hall–Kier alpha value is -2.68. The number of fused-ring (bicyclic) bond motifs is 1. The Morgan fingerprint density at radius 2 is 2.00 bits per heavy atom. The van der Waals surface area contributed by atoms with Crippen LogP contribution in [0.2, 0.25) is 5.02 Å². The first kappa shape index (κ1) is 17.7. The van der Waals surface area contributed by atoms with Crippen molar-refractivity contribution in [1.29, 1.82) is 0 Å². The number of hydrogen-bond acceptors (Lipinski definition) is 4. The molecule has 138 valence electrons. The molecule has 0 spiro atoms. The highest BCUT2D eigenvalue weighted by atomic mass is 35.5. The van der Waals surface area contributed by atoms with Gasteiger partial charge in [-0.2, -0.15) is 5.10 Å². The maximum Gasteiger partial charge on any atom is 0.243 e. The summed E-state index contributed by atoms with van der Waals surface area (Å²) in [5, 5.41) is 4.35. The molecule has 4 rings (SSSR count). The molecule has 0 unspecified atom stereocenters. The van der Waals surface area contributed by atoms with E-state index in [4.69, 9.17) is 11.6 Å². The number of halogens is 1. The minimum Gasteiger partial charge on any atom is -0.299 e. The molecule has 0 bridgehead atoms.